The lowest BCUT2D eigenvalue weighted by atomic mass is 10.2. The number of pyridine rings is 1. The molecule has 0 spiro atoms. The van der Waals surface area contributed by atoms with Crippen molar-refractivity contribution in [2.75, 3.05) is 0 Å². The topological polar surface area (TPSA) is 76.3 Å². The predicted octanol–water partition coefficient (Wildman–Crippen LogP) is 2.94. The maximum Gasteiger partial charge on any atom is 0.287 e. The quantitative estimate of drug-likeness (QED) is 0.686. The van der Waals surface area contributed by atoms with Crippen molar-refractivity contribution in [2.45, 2.75) is 23.5 Å². The van der Waals surface area contributed by atoms with Gasteiger partial charge in [-0.2, -0.15) is 0 Å². The number of nitro groups is 1. The third kappa shape index (κ3) is 3.30. The number of rotatable bonds is 4. The van der Waals surface area contributed by atoms with Gasteiger partial charge in [-0.15, -0.1) is 0 Å². The molecule has 0 aliphatic rings. The smallest absolute Gasteiger partial charge is 0.287 e. The summed E-state index contributed by atoms with van der Waals surface area (Å²) in [6.07, 6.45) is 1.26. The van der Waals surface area contributed by atoms with Crippen molar-refractivity contribution in [3.05, 3.63) is 57.8 Å². The van der Waals surface area contributed by atoms with E-state index in [2.05, 4.69) is 4.98 Å². The van der Waals surface area contributed by atoms with Gasteiger partial charge in [0.05, 0.1) is 11.5 Å². The maximum atomic E-state index is 10.6. The van der Waals surface area contributed by atoms with Crippen LogP contribution in [0.3, 0.4) is 0 Å². The summed E-state index contributed by atoms with van der Waals surface area (Å²) >= 11 is 1.44. The molecular formula is C13H12N2O3S. The van der Waals surface area contributed by atoms with Crippen molar-refractivity contribution in [1.29, 1.82) is 0 Å². The summed E-state index contributed by atoms with van der Waals surface area (Å²) < 4.78 is 0. The van der Waals surface area contributed by atoms with Crippen LogP contribution in [0.1, 0.15) is 11.1 Å². The maximum absolute atomic E-state index is 10.6. The van der Waals surface area contributed by atoms with E-state index >= 15 is 0 Å². The van der Waals surface area contributed by atoms with Gasteiger partial charge in [-0.25, -0.2) is 4.98 Å². The fourth-order valence-corrected chi connectivity index (χ4v) is 2.35. The summed E-state index contributed by atoms with van der Waals surface area (Å²) in [5, 5.41) is 20.3. The normalized spacial score (nSPS) is 10.4. The molecule has 2 rings (SSSR count). The van der Waals surface area contributed by atoms with Gasteiger partial charge in [-0.05, 0) is 30.2 Å². The van der Waals surface area contributed by atoms with E-state index in [0.717, 1.165) is 21.0 Å². The fourth-order valence-electron chi connectivity index (χ4n) is 1.53. The van der Waals surface area contributed by atoms with Crippen LogP contribution in [0.2, 0.25) is 0 Å². The lowest BCUT2D eigenvalue weighted by molar-refractivity contribution is -0.385. The van der Waals surface area contributed by atoms with Gasteiger partial charge in [0.1, 0.15) is 11.2 Å². The van der Waals surface area contributed by atoms with Crippen LogP contribution in [0.5, 0.6) is 0 Å². The van der Waals surface area contributed by atoms with Gasteiger partial charge >= 0.3 is 0 Å². The van der Waals surface area contributed by atoms with Gasteiger partial charge in [0.15, 0.2) is 0 Å². The summed E-state index contributed by atoms with van der Waals surface area (Å²) in [5.41, 5.74) is 1.61. The standard InChI is InChI=1S/C13H12N2O3S/c1-9-6-11(15(17)18)7-14-13(9)19-12-4-2-10(8-16)3-5-12/h2-7,16H,8H2,1H3. The first-order valence-electron chi connectivity index (χ1n) is 5.59. The van der Waals surface area contributed by atoms with E-state index in [9.17, 15) is 10.1 Å². The molecule has 1 N–H and O–H groups in total. The molecule has 6 heteroatoms. The molecule has 0 unspecified atom stereocenters. The van der Waals surface area contributed by atoms with E-state index in [4.69, 9.17) is 5.11 Å². The minimum atomic E-state index is -0.454. The number of aryl methyl sites for hydroxylation is 1. The van der Waals surface area contributed by atoms with Crippen molar-refractivity contribution >= 4 is 17.4 Å². The monoisotopic (exact) mass is 276 g/mol. The zero-order valence-corrected chi connectivity index (χ0v) is 11.1. The molecule has 0 aliphatic heterocycles. The molecule has 0 saturated carbocycles. The van der Waals surface area contributed by atoms with Gasteiger partial charge in [-0.1, -0.05) is 23.9 Å². The van der Waals surface area contributed by atoms with Crippen molar-refractivity contribution in [3.63, 3.8) is 0 Å². The van der Waals surface area contributed by atoms with Crippen LogP contribution in [-0.2, 0) is 6.61 Å². The molecule has 1 aromatic heterocycles. The summed E-state index contributed by atoms with van der Waals surface area (Å²) in [5.74, 6) is 0. The molecule has 2 aromatic rings. The van der Waals surface area contributed by atoms with Gasteiger partial charge in [-0.3, -0.25) is 10.1 Å². The van der Waals surface area contributed by atoms with E-state index in [-0.39, 0.29) is 12.3 Å². The number of hydrogen-bond acceptors (Lipinski definition) is 5. The Balaban J connectivity index is 2.20. The average molecular weight is 276 g/mol. The van der Waals surface area contributed by atoms with Crippen molar-refractivity contribution in [2.24, 2.45) is 0 Å². The van der Waals surface area contributed by atoms with Crippen LogP contribution < -0.4 is 0 Å². The molecular weight excluding hydrogens is 264 g/mol. The Labute approximate surface area is 114 Å². The fraction of sp³-hybridized carbons (Fsp3) is 0.154. The SMILES string of the molecule is Cc1cc([N+](=O)[O-])cnc1Sc1ccc(CO)cc1. The highest BCUT2D eigenvalue weighted by atomic mass is 32.2. The summed E-state index contributed by atoms with van der Waals surface area (Å²) in [4.78, 5) is 15.3. The van der Waals surface area contributed by atoms with E-state index < -0.39 is 4.92 Å². The number of aliphatic hydroxyl groups excluding tert-OH is 1. The number of benzene rings is 1. The van der Waals surface area contributed by atoms with Crippen LogP contribution in [0.15, 0.2) is 46.5 Å². The zero-order chi connectivity index (χ0) is 13.8. The van der Waals surface area contributed by atoms with E-state index in [0.29, 0.717) is 0 Å². The van der Waals surface area contributed by atoms with Crippen LogP contribution in [0, 0.1) is 17.0 Å². The molecule has 5 nitrogen and oxygen atoms in total. The van der Waals surface area contributed by atoms with Gasteiger partial charge in [0.2, 0.25) is 0 Å². The number of hydrogen-bond donors (Lipinski definition) is 1. The summed E-state index contributed by atoms with van der Waals surface area (Å²) in [6.45, 7) is 1.81. The highest BCUT2D eigenvalue weighted by Crippen LogP contribution is 2.30. The molecule has 0 radical (unpaired) electrons. The first-order chi connectivity index (χ1) is 9.10. The first-order valence-corrected chi connectivity index (χ1v) is 6.40. The third-order valence-electron chi connectivity index (χ3n) is 2.55. The molecule has 0 atom stereocenters. The second-order valence-corrected chi connectivity index (χ2v) is 5.04. The molecule has 0 aliphatic carbocycles. The Morgan fingerprint density at radius 3 is 2.58 bits per heavy atom. The Bertz CT molecular complexity index is 599. The van der Waals surface area contributed by atoms with E-state index in [1.165, 1.54) is 24.0 Å². The highest BCUT2D eigenvalue weighted by Gasteiger charge is 2.10. The second-order valence-electron chi connectivity index (χ2n) is 3.98. The predicted molar refractivity (Wildman–Crippen MR) is 72.1 cm³/mol. The van der Waals surface area contributed by atoms with Crippen molar-refractivity contribution < 1.29 is 10.0 Å². The number of aromatic nitrogens is 1. The zero-order valence-electron chi connectivity index (χ0n) is 10.2. The molecule has 1 aromatic carbocycles. The highest BCUT2D eigenvalue weighted by molar-refractivity contribution is 7.99. The minimum absolute atomic E-state index is 0.00233. The molecule has 19 heavy (non-hydrogen) atoms. The molecule has 98 valence electrons. The van der Waals surface area contributed by atoms with Crippen molar-refractivity contribution in [1.82, 2.24) is 4.98 Å². The Morgan fingerprint density at radius 1 is 1.37 bits per heavy atom. The second kappa shape index (κ2) is 5.81. The Kier molecular flexibility index (Phi) is 4.13. The number of aliphatic hydroxyl groups is 1. The number of nitrogens with zero attached hydrogens (tertiary/aromatic N) is 2. The lowest BCUT2D eigenvalue weighted by Crippen LogP contribution is -1.92. The average Bonchev–Trinajstić information content (AvgIpc) is 2.41. The molecule has 1 heterocycles. The van der Waals surface area contributed by atoms with Gasteiger partial charge in [0, 0.05) is 11.0 Å². The molecule has 0 amide bonds. The van der Waals surface area contributed by atoms with E-state index in [1.807, 2.05) is 24.3 Å². The third-order valence-corrected chi connectivity index (χ3v) is 3.68. The lowest BCUT2D eigenvalue weighted by Gasteiger charge is -2.05. The molecule has 0 saturated heterocycles. The van der Waals surface area contributed by atoms with Crippen LogP contribution >= 0.6 is 11.8 Å². The Hall–Kier alpha value is -1.92. The van der Waals surface area contributed by atoms with E-state index in [1.54, 1.807) is 6.92 Å². The minimum Gasteiger partial charge on any atom is -0.392 e. The van der Waals surface area contributed by atoms with Crippen LogP contribution in [0.4, 0.5) is 5.69 Å². The van der Waals surface area contributed by atoms with Gasteiger partial charge < -0.3 is 5.11 Å². The molecule has 0 fully saturated rings. The summed E-state index contributed by atoms with van der Waals surface area (Å²) in [7, 11) is 0. The first kappa shape index (κ1) is 13.5. The summed E-state index contributed by atoms with van der Waals surface area (Å²) in [6, 6.07) is 8.96. The largest absolute Gasteiger partial charge is 0.392 e. The van der Waals surface area contributed by atoms with Gasteiger partial charge in [0.25, 0.3) is 5.69 Å². The van der Waals surface area contributed by atoms with Crippen LogP contribution in [-0.4, -0.2) is 15.0 Å². The van der Waals surface area contributed by atoms with Crippen molar-refractivity contribution in [3.8, 4) is 0 Å². The molecule has 0 bridgehead atoms. The van der Waals surface area contributed by atoms with Crippen LogP contribution in [0.25, 0.3) is 0 Å². The Morgan fingerprint density at radius 2 is 2.05 bits per heavy atom.